The first-order valence-corrected chi connectivity index (χ1v) is 9.32. The van der Waals surface area contributed by atoms with Gasteiger partial charge in [-0.15, -0.1) is 0 Å². The molecule has 1 amide bonds. The van der Waals surface area contributed by atoms with E-state index in [1.54, 1.807) is 18.2 Å². The summed E-state index contributed by atoms with van der Waals surface area (Å²) in [6, 6.07) is 3.05. The summed E-state index contributed by atoms with van der Waals surface area (Å²) < 4.78 is 29.0. The van der Waals surface area contributed by atoms with Crippen LogP contribution in [-0.4, -0.2) is 55.9 Å². The Morgan fingerprint density at radius 1 is 1.32 bits per heavy atom. The van der Waals surface area contributed by atoms with E-state index in [-0.39, 0.29) is 29.5 Å². The monoisotopic (exact) mass is 324 g/mol. The Kier molecular flexibility index (Phi) is 4.35. The van der Waals surface area contributed by atoms with E-state index < -0.39 is 9.84 Å². The highest BCUT2D eigenvalue weighted by atomic mass is 32.2. The molecule has 2 aliphatic rings. The van der Waals surface area contributed by atoms with Gasteiger partial charge in [-0.3, -0.25) is 9.69 Å². The molecule has 2 aliphatic heterocycles. The molecule has 1 N–H and O–H groups in total. The number of furan rings is 1. The summed E-state index contributed by atoms with van der Waals surface area (Å²) in [5.41, 5.74) is 0. The van der Waals surface area contributed by atoms with Crippen LogP contribution < -0.4 is 5.32 Å². The highest BCUT2D eigenvalue weighted by Crippen LogP contribution is 2.22. The highest BCUT2D eigenvalue weighted by molar-refractivity contribution is 7.91. The number of likely N-dealkylation sites (tertiary alicyclic amines) is 1. The van der Waals surface area contributed by atoms with Crippen LogP contribution in [0.25, 0.3) is 6.08 Å². The molecule has 0 unspecified atom stereocenters. The molecule has 0 aromatic carbocycles. The molecule has 0 spiro atoms. The molecular weight excluding hydrogens is 304 g/mol. The van der Waals surface area contributed by atoms with Crippen molar-refractivity contribution in [2.45, 2.75) is 24.9 Å². The van der Waals surface area contributed by atoms with Crippen LogP contribution in [0.1, 0.15) is 18.6 Å². The van der Waals surface area contributed by atoms with Crippen molar-refractivity contribution in [3.63, 3.8) is 0 Å². The van der Waals surface area contributed by atoms with Crippen LogP contribution in [0.4, 0.5) is 0 Å². The summed E-state index contributed by atoms with van der Waals surface area (Å²) in [5, 5.41) is 2.84. The van der Waals surface area contributed by atoms with Gasteiger partial charge in [-0.05, 0) is 44.1 Å². The van der Waals surface area contributed by atoms with Crippen LogP contribution in [0, 0.1) is 0 Å². The molecule has 1 aromatic heterocycles. The third kappa shape index (κ3) is 3.59. The maximum absolute atomic E-state index is 12.0. The number of sulfone groups is 1. The molecule has 2 atom stereocenters. The van der Waals surface area contributed by atoms with Crippen LogP contribution in [0.5, 0.6) is 0 Å². The smallest absolute Gasteiger partial charge is 0.244 e. The molecule has 1 aromatic rings. The normalized spacial score (nSPS) is 28.4. The molecule has 2 saturated heterocycles. The van der Waals surface area contributed by atoms with Crippen LogP contribution in [0.15, 0.2) is 28.9 Å². The number of carbonyl (C=O) groups is 1. The van der Waals surface area contributed by atoms with Gasteiger partial charge in [0.25, 0.3) is 0 Å². The number of hydrogen-bond acceptors (Lipinski definition) is 5. The fourth-order valence-electron chi connectivity index (χ4n) is 3.17. The molecular formula is C15H20N2O4S. The van der Waals surface area contributed by atoms with Gasteiger partial charge in [0, 0.05) is 12.1 Å². The van der Waals surface area contributed by atoms with E-state index in [0.29, 0.717) is 5.76 Å². The van der Waals surface area contributed by atoms with Crippen molar-refractivity contribution >= 4 is 21.8 Å². The van der Waals surface area contributed by atoms with E-state index in [0.717, 1.165) is 25.9 Å². The predicted octanol–water partition coefficient (Wildman–Crippen LogP) is 0.670. The molecule has 120 valence electrons. The molecule has 22 heavy (non-hydrogen) atoms. The summed E-state index contributed by atoms with van der Waals surface area (Å²) in [4.78, 5) is 14.2. The third-order valence-corrected chi connectivity index (χ3v) is 5.92. The topological polar surface area (TPSA) is 79.6 Å². The zero-order chi connectivity index (χ0) is 15.6. The van der Waals surface area contributed by atoms with E-state index in [9.17, 15) is 13.2 Å². The number of rotatable bonds is 4. The van der Waals surface area contributed by atoms with Gasteiger partial charge in [0.2, 0.25) is 5.91 Å². The highest BCUT2D eigenvalue weighted by Gasteiger charge is 2.42. The number of nitrogens with zero attached hydrogens (tertiary/aromatic N) is 1. The maximum atomic E-state index is 12.0. The Morgan fingerprint density at radius 3 is 2.77 bits per heavy atom. The Bertz CT molecular complexity index is 645. The summed E-state index contributed by atoms with van der Waals surface area (Å²) in [6.07, 6.45) is 6.67. The SMILES string of the molecule is O=C(/C=C/c1ccco1)N[C@@H]1CS(=O)(=O)C[C@@H]1N1CCCC1. The molecule has 2 fully saturated rings. The lowest BCUT2D eigenvalue weighted by atomic mass is 10.1. The first kappa shape index (κ1) is 15.3. The zero-order valence-electron chi connectivity index (χ0n) is 12.3. The minimum atomic E-state index is -3.08. The predicted molar refractivity (Wildman–Crippen MR) is 82.9 cm³/mol. The number of hydrogen-bond donors (Lipinski definition) is 1. The van der Waals surface area contributed by atoms with Gasteiger partial charge in [0.15, 0.2) is 9.84 Å². The van der Waals surface area contributed by atoms with Crippen molar-refractivity contribution in [3.05, 3.63) is 30.2 Å². The van der Waals surface area contributed by atoms with Gasteiger partial charge in [0.05, 0.1) is 23.8 Å². The van der Waals surface area contributed by atoms with Crippen molar-refractivity contribution < 1.29 is 17.6 Å². The molecule has 0 radical (unpaired) electrons. The van der Waals surface area contributed by atoms with Crippen LogP contribution in [-0.2, 0) is 14.6 Å². The third-order valence-electron chi connectivity index (χ3n) is 4.20. The summed E-state index contributed by atoms with van der Waals surface area (Å²) >= 11 is 0. The maximum Gasteiger partial charge on any atom is 0.244 e. The number of nitrogens with one attached hydrogen (secondary N) is 1. The fourth-order valence-corrected chi connectivity index (χ4v) is 5.13. The minimum absolute atomic E-state index is 0.0223. The molecule has 0 aliphatic carbocycles. The zero-order valence-corrected chi connectivity index (χ0v) is 13.1. The van der Waals surface area contributed by atoms with Gasteiger partial charge in [0.1, 0.15) is 5.76 Å². The van der Waals surface area contributed by atoms with Crippen molar-refractivity contribution in [1.82, 2.24) is 10.2 Å². The Morgan fingerprint density at radius 2 is 2.09 bits per heavy atom. The van der Waals surface area contributed by atoms with E-state index in [4.69, 9.17) is 4.42 Å². The number of amides is 1. The molecule has 0 bridgehead atoms. The van der Waals surface area contributed by atoms with E-state index in [1.807, 2.05) is 0 Å². The average Bonchev–Trinajstić information content (AvgIpc) is 3.17. The summed E-state index contributed by atoms with van der Waals surface area (Å²) in [6.45, 7) is 1.82. The van der Waals surface area contributed by atoms with E-state index in [1.165, 1.54) is 12.3 Å². The standard InChI is InChI=1S/C15H20N2O4S/c18-15(6-5-12-4-3-9-21-12)16-13-10-22(19,20)11-14(13)17-7-1-2-8-17/h3-6,9,13-14H,1-2,7-8,10-11H2,(H,16,18)/b6-5+/t13-,14+/m1/s1. The fraction of sp³-hybridized carbons (Fsp3) is 0.533. The lowest BCUT2D eigenvalue weighted by Gasteiger charge is -2.28. The Hall–Kier alpha value is -1.60. The second-order valence-electron chi connectivity index (χ2n) is 5.85. The van der Waals surface area contributed by atoms with Gasteiger partial charge in [-0.25, -0.2) is 8.42 Å². The molecule has 7 heteroatoms. The quantitative estimate of drug-likeness (QED) is 0.824. The molecule has 6 nitrogen and oxygen atoms in total. The second kappa shape index (κ2) is 6.26. The van der Waals surface area contributed by atoms with Crippen LogP contribution in [0.2, 0.25) is 0 Å². The van der Waals surface area contributed by atoms with E-state index >= 15 is 0 Å². The second-order valence-corrected chi connectivity index (χ2v) is 8.00. The van der Waals surface area contributed by atoms with Gasteiger partial charge >= 0.3 is 0 Å². The van der Waals surface area contributed by atoms with Crippen LogP contribution >= 0.6 is 0 Å². The van der Waals surface area contributed by atoms with Crippen molar-refractivity contribution in [2.75, 3.05) is 24.6 Å². The lowest BCUT2D eigenvalue weighted by Crippen LogP contribution is -2.49. The molecule has 0 saturated carbocycles. The van der Waals surface area contributed by atoms with Gasteiger partial charge in [-0.2, -0.15) is 0 Å². The van der Waals surface area contributed by atoms with Crippen molar-refractivity contribution in [3.8, 4) is 0 Å². The largest absolute Gasteiger partial charge is 0.465 e. The van der Waals surface area contributed by atoms with Crippen molar-refractivity contribution in [1.29, 1.82) is 0 Å². The van der Waals surface area contributed by atoms with Gasteiger partial charge < -0.3 is 9.73 Å². The van der Waals surface area contributed by atoms with Gasteiger partial charge in [-0.1, -0.05) is 0 Å². The van der Waals surface area contributed by atoms with Crippen molar-refractivity contribution in [2.24, 2.45) is 0 Å². The average molecular weight is 324 g/mol. The first-order chi connectivity index (χ1) is 10.5. The Balaban J connectivity index is 1.65. The van der Waals surface area contributed by atoms with Crippen LogP contribution in [0.3, 0.4) is 0 Å². The molecule has 3 rings (SSSR count). The molecule has 3 heterocycles. The first-order valence-electron chi connectivity index (χ1n) is 7.50. The summed E-state index contributed by atoms with van der Waals surface area (Å²) in [7, 11) is -3.08. The Labute approximate surface area is 130 Å². The summed E-state index contributed by atoms with van der Waals surface area (Å²) in [5.74, 6) is 0.460. The number of carbonyl (C=O) groups excluding carboxylic acids is 1. The minimum Gasteiger partial charge on any atom is -0.465 e. The van der Waals surface area contributed by atoms with E-state index in [2.05, 4.69) is 10.2 Å². The lowest BCUT2D eigenvalue weighted by molar-refractivity contribution is -0.117.